The molecule has 4 rings (SSSR count). The highest BCUT2D eigenvalue weighted by Gasteiger charge is 2.21. The lowest BCUT2D eigenvalue weighted by molar-refractivity contribution is -0.113. The molecule has 4 heteroatoms. The summed E-state index contributed by atoms with van der Waals surface area (Å²) in [5.41, 5.74) is 9.69. The molecule has 2 aliphatic rings. The van der Waals surface area contributed by atoms with E-state index in [9.17, 15) is 4.79 Å². The first-order valence-electron chi connectivity index (χ1n) is 10.9. The summed E-state index contributed by atoms with van der Waals surface area (Å²) in [7, 11) is 0. The normalized spacial score (nSPS) is 17.5. The zero-order valence-corrected chi connectivity index (χ0v) is 17.3. The fourth-order valence-electron chi connectivity index (χ4n) is 3.83. The molecular formula is C26H30N2O2. The zero-order valence-electron chi connectivity index (χ0n) is 17.3. The minimum atomic E-state index is -0.438. The lowest BCUT2D eigenvalue weighted by Crippen LogP contribution is -2.18. The SMILES string of the molecule is NC(=O)/C=C/c1ccc(/C=C(/CNC2CC2)c2cccc(OC3CCCC3)c2)cc1. The molecule has 0 aliphatic heterocycles. The number of carbonyl (C=O) groups is 1. The number of primary amides is 1. The first-order valence-corrected chi connectivity index (χ1v) is 10.9. The molecule has 2 fully saturated rings. The molecule has 2 aromatic carbocycles. The van der Waals surface area contributed by atoms with E-state index in [1.54, 1.807) is 6.08 Å². The van der Waals surface area contributed by atoms with Crippen molar-refractivity contribution in [2.45, 2.75) is 50.7 Å². The monoisotopic (exact) mass is 402 g/mol. The molecule has 156 valence electrons. The minimum absolute atomic E-state index is 0.360. The fraction of sp³-hybridized carbons (Fsp3) is 0.346. The van der Waals surface area contributed by atoms with E-state index in [0.717, 1.165) is 36.3 Å². The van der Waals surface area contributed by atoms with Crippen LogP contribution in [0.15, 0.2) is 54.6 Å². The summed E-state index contributed by atoms with van der Waals surface area (Å²) in [6.45, 7) is 0.834. The molecule has 0 saturated heterocycles. The number of nitrogens with one attached hydrogen (secondary N) is 1. The van der Waals surface area contributed by atoms with Crippen LogP contribution < -0.4 is 15.8 Å². The molecule has 30 heavy (non-hydrogen) atoms. The van der Waals surface area contributed by atoms with Crippen molar-refractivity contribution in [3.05, 3.63) is 71.3 Å². The van der Waals surface area contributed by atoms with Gasteiger partial charge in [-0.1, -0.05) is 36.4 Å². The highest BCUT2D eigenvalue weighted by atomic mass is 16.5. The minimum Gasteiger partial charge on any atom is -0.490 e. The van der Waals surface area contributed by atoms with Gasteiger partial charge < -0.3 is 15.8 Å². The van der Waals surface area contributed by atoms with Crippen molar-refractivity contribution in [2.75, 3.05) is 6.54 Å². The molecule has 2 saturated carbocycles. The van der Waals surface area contributed by atoms with E-state index in [-0.39, 0.29) is 0 Å². The van der Waals surface area contributed by atoms with Gasteiger partial charge in [-0.3, -0.25) is 4.79 Å². The van der Waals surface area contributed by atoms with Crippen LogP contribution >= 0.6 is 0 Å². The third kappa shape index (κ3) is 6.07. The van der Waals surface area contributed by atoms with E-state index < -0.39 is 5.91 Å². The molecule has 1 amide bonds. The maximum Gasteiger partial charge on any atom is 0.241 e. The van der Waals surface area contributed by atoms with Crippen molar-refractivity contribution >= 4 is 23.6 Å². The first kappa shape index (κ1) is 20.4. The van der Waals surface area contributed by atoms with Gasteiger partial charge in [-0.05, 0) is 85.1 Å². The second-order valence-electron chi connectivity index (χ2n) is 8.28. The van der Waals surface area contributed by atoms with Crippen LogP contribution in [0.5, 0.6) is 5.75 Å². The summed E-state index contributed by atoms with van der Waals surface area (Å²) in [6, 6.07) is 17.2. The Kier molecular flexibility index (Phi) is 6.65. The van der Waals surface area contributed by atoms with Gasteiger partial charge >= 0.3 is 0 Å². The van der Waals surface area contributed by atoms with Gasteiger partial charge in [0.25, 0.3) is 0 Å². The average molecular weight is 403 g/mol. The summed E-state index contributed by atoms with van der Waals surface area (Å²) < 4.78 is 6.22. The van der Waals surface area contributed by atoms with Crippen LogP contribution in [0.4, 0.5) is 0 Å². The van der Waals surface area contributed by atoms with Crippen LogP contribution in [0.25, 0.3) is 17.7 Å². The standard InChI is InChI=1S/C26H30N2O2/c27-26(29)15-12-19-8-10-20(11-9-19)16-22(18-28-23-13-14-23)21-4-3-7-25(17-21)30-24-5-1-2-6-24/h3-4,7-12,15-17,23-24,28H,1-2,5-6,13-14,18H2,(H2,27,29)/b15-12+,22-16-. The highest BCUT2D eigenvalue weighted by Crippen LogP contribution is 2.28. The molecule has 2 aliphatic carbocycles. The lowest BCUT2D eigenvalue weighted by Gasteiger charge is -2.15. The predicted octanol–water partition coefficient (Wildman–Crippen LogP) is 4.80. The number of hydrogen-bond donors (Lipinski definition) is 2. The van der Waals surface area contributed by atoms with E-state index in [2.05, 4.69) is 47.8 Å². The van der Waals surface area contributed by atoms with Crippen molar-refractivity contribution in [3.63, 3.8) is 0 Å². The lowest BCUT2D eigenvalue weighted by atomic mass is 10.0. The fourth-order valence-corrected chi connectivity index (χ4v) is 3.83. The Balaban J connectivity index is 1.54. The summed E-state index contributed by atoms with van der Waals surface area (Å²) >= 11 is 0. The van der Waals surface area contributed by atoms with Crippen LogP contribution in [0.2, 0.25) is 0 Å². The van der Waals surface area contributed by atoms with Crippen molar-refractivity contribution in [3.8, 4) is 5.75 Å². The van der Waals surface area contributed by atoms with Gasteiger partial charge in [0.1, 0.15) is 5.75 Å². The maximum absolute atomic E-state index is 10.9. The van der Waals surface area contributed by atoms with E-state index in [0.29, 0.717) is 12.1 Å². The second kappa shape index (κ2) is 9.77. The number of benzene rings is 2. The number of hydrogen-bond acceptors (Lipinski definition) is 3. The van der Waals surface area contributed by atoms with Crippen LogP contribution in [0.3, 0.4) is 0 Å². The van der Waals surface area contributed by atoms with Gasteiger partial charge in [0.15, 0.2) is 0 Å². The Morgan fingerprint density at radius 1 is 1.03 bits per heavy atom. The largest absolute Gasteiger partial charge is 0.490 e. The van der Waals surface area contributed by atoms with E-state index in [1.165, 1.54) is 42.9 Å². The molecule has 0 atom stereocenters. The van der Waals surface area contributed by atoms with Gasteiger partial charge in [-0.15, -0.1) is 0 Å². The highest BCUT2D eigenvalue weighted by molar-refractivity contribution is 5.90. The van der Waals surface area contributed by atoms with Crippen molar-refractivity contribution in [1.82, 2.24) is 5.32 Å². The zero-order chi connectivity index (χ0) is 20.8. The number of nitrogens with two attached hydrogens (primary N) is 1. The average Bonchev–Trinajstić information content (AvgIpc) is 3.45. The van der Waals surface area contributed by atoms with Crippen LogP contribution in [-0.2, 0) is 4.79 Å². The quantitative estimate of drug-likeness (QED) is 0.468. The summed E-state index contributed by atoms with van der Waals surface area (Å²) in [5, 5.41) is 3.64. The van der Waals surface area contributed by atoms with Gasteiger partial charge in [0, 0.05) is 18.7 Å². The second-order valence-corrected chi connectivity index (χ2v) is 8.28. The Bertz CT molecular complexity index is 920. The number of carbonyl (C=O) groups excluding carboxylic acids is 1. The Morgan fingerprint density at radius 2 is 1.77 bits per heavy atom. The van der Waals surface area contributed by atoms with Gasteiger partial charge in [-0.2, -0.15) is 0 Å². The topological polar surface area (TPSA) is 64.4 Å². The van der Waals surface area contributed by atoms with Crippen molar-refractivity contribution < 1.29 is 9.53 Å². The van der Waals surface area contributed by atoms with Crippen LogP contribution in [0, 0.1) is 0 Å². The van der Waals surface area contributed by atoms with E-state index in [4.69, 9.17) is 10.5 Å². The van der Waals surface area contributed by atoms with Crippen molar-refractivity contribution in [1.29, 1.82) is 0 Å². The van der Waals surface area contributed by atoms with Crippen LogP contribution in [-0.4, -0.2) is 24.6 Å². The molecule has 0 unspecified atom stereocenters. The summed E-state index contributed by atoms with van der Waals surface area (Å²) in [4.78, 5) is 10.9. The van der Waals surface area contributed by atoms with Gasteiger partial charge in [0.2, 0.25) is 5.91 Å². The third-order valence-electron chi connectivity index (χ3n) is 5.69. The number of rotatable bonds is 9. The molecule has 0 radical (unpaired) electrons. The van der Waals surface area contributed by atoms with E-state index >= 15 is 0 Å². The smallest absolute Gasteiger partial charge is 0.241 e. The summed E-state index contributed by atoms with van der Waals surface area (Å²) in [5.74, 6) is 0.524. The summed E-state index contributed by atoms with van der Waals surface area (Å²) in [6.07, 6.45) is 13.1. The number of amides is 1. The first-order chi connectivity index (χ1) is 14.7. The van der Waals surface area contributed by atoms with Crippen LogP contribution in [0.1, 0.15) is 55.2 Å². The van der Waals surface area contributed by atoms with Gasteiger partial charge in [0.05, 0.1) is 6.10 Å². The molecule has 2 aromatic rings. The maximum atomic E-state index is 10.9. The number of ether oxygens (including phenoxy) is 1. The molecule has 4 nitrogen and oxygen atoms in total. The molecule has 0 bridgehead atoms. The van der Waals surface area contributed by atoms with Crippen molar-refractivity contribution in [2.24, 2.45) is 5.73 Å². The van der Waals surface area contributed by atoms with Gasteiger partial charge in [-0.25, -0.2) is 0 Å². The Hall–Kier alpha value is -2.85. The Morgan fingerprint density at radius 3 is 2.47 bits per heavy atom. The third-order valence-corrected chi connectivity index (χ3v) is 5.69. The molecule has 0 heterocycles. The predicted molar refractivity (Wildman–Crippen MR) is 123 cm³/mol. The molecule has 3 N–H and O–H groups in total. The molecule has 0 aromatic heterocycles. The Labute approximate surface area is 178 Å². The molecular weight excluding hydrogens is 372 g/mol. The van der Waals surface area contributed by atoms with E-state index in [1.807, 2.05) is 12.1 Å². The molecule has 0 spiro atoms.